The van der Waals surface area contributed by atoms with E-state index in [2.05, 4.69) is 9.97 Å². The second kappa shape index (κ2) is 9.88. The van der Waals surface area contributed by atoms with Crippen molar-refractivity contribution in [2.45, 2.75) is 19.3 Å². The first kappa shape index (κ1) is 22.6. The fourth-order valence-electron chi connectivity index (χ4n) is 3.98. The number of para-hydroxylation sites is 1. The number of pyridine rings is 1. The lowest BCUT2D eigenvalue weighted by Crippen LogP contribution is -2.27. The van der Waals surface area contributed by atoms with Crippen LogP contribution in [0, 0.1) is 0 Å². The van der Waals surface area contributed by atoms with Crippen molar-refractivity contribution in [3.63, 3.8) is 0 Å². The molecule has 0 saturated carbocycles. The molecule has 0 aliphatic rings. The van der Waals surface area contributed by atoms with Crippen LogP contribution in [0.15, 0.2) is 66.9 Å². The zero-order valence-electron chi connectivity index (χ0n) is 18.5. The predicted octanol–water partition coefficient (Wildman–Crippen LogP) is 5.66. The lowest BCUT2D eigenvalue weighted by atomic mass is 10.0. The number of hydrogen-bond donors (Lipinski definition) is 1. The van der Waals surface area contributed by atoms with Gasteiger partial charge in [-0.15, -0.1) is 0 Å². The summed E-state index contributed by atoms with van der Waals surface area (Å²) in [6.07, 6.45) is 3.38. The fourth-order valence-corrected chi connectivity index (χ4v) is 4.15. The van der Waals surface area contributed by atoms with E-state index in [0.717, 1.165) is 27.9 Å². The Kier molecular flexibility index (Phi) is 6.75. The standard InChI is InChI=1S/C26H24ClN3O3/c1-30(23-11-4-3-8-19(23)26(32)33-2)24(31)12-7-9-18-20-16-17(27)13-14-21(20)29-25(18)22-10-5-6-15-28-22/h3-6,8,10-11,13-16,29H,7,9,12H2,1-2H3. The highest BCUT2D eigenvalue weighted by Crippen LogP contribution is 2.32. The molecule has 168 valence electrons. The average molecular weight is 462 g/mol. The predicted molar refractivity (Wildman–Crippen MR) is 131 cm³/mol. The minimum absolute atomic E-state index is 0.0800. The van der Waals surface area contributed by atoms with Crippen LogP contribution < -0.4 is 4.90 Å². The van der Waals surface area contributed by atoms with E-state index < -0.39 is 5.97 Å². The van der Waals surface area contributed by atoms with E-state index in [0.29, 0.717) is 35.5 Å². The van der Waals surface area contributed by atoms with Crippen molar-refractivity contribution in [3.05, 3.63) is 83.0 Å². The minimum atomic E-state index is -0.471. The number of ether oxygens (including phenoxy) is 1. The van der Waals surface area contributed by atoms with Gasteiger partial charge >= 0.3 is 5.97 Å². The highest BCUT2D eigenvalue weighted by molar-refractivity contribution is 6.31. The number of amides is 1. The van der Waals surface area contributed by atoms with Gasteiger partial charge in [-0.25, -0.2) is 4.79 Å². The van der Waals surface area contributed by atoms with Crippen LogP contribution in [0.25, 0.3) is 22.3 Å². The largest absolute Gasteiger partial charge is 0.465 e. The summed E-state index contributed by atoms with van der Waals surface area (Å²) in [5, 5.41) is 1.69. The molecule has 4 rings (SSSR count). The number of carbonyl (C=O) groups is 2. The topological polar surface area (TPSA) is 75.3 Å². The molecule has 33 heavy (non-hydrogen) atoms. The molecule has 2 heterocycles. The number of rotatable bonds is 7. The third-order valence-electron chi connectivity index (χ3n) is 5.65. The second-order valence-corrected chi connectivity index (χ2v) is 8.13. The summed E-state index contributed by atoms with van der Waals surface area (Å²) in [5.41, 5.74) is 4.73. The number of esters is 1. The Morgan fingerprint density at radius 2 is 1.88 bits per heavy atom. The molecule has 0 aliphatic heterocycles. The molecule has 2 aromatic heterocycles. The highest BCUT2D eigenvalue weighted by Gasteiger charge is 2.20. The third kappa shape index (κ3) is 4.76. The number of carbonyl (C=O) groups excluding carboxylic acids is 2. The van der Waals surface area contributed by atoms with E-state index in [1.54, 1.807) is 37.5 Å². The van der Waals surface area contributed by atoms with Gasteiger partial charge in [-0.05, 0) is 60.9 Å². The number of nitrogens with zero attached hydrogens (tertiary/aromatic N) is 2. The quantitative estimate of drug-likeness (QED) is 0.360. The SMILES string of the molecule is COC(=O)c1ccccc1N(C)C(=O)CCCc1c(-c2ccccn2)[nH]c2ccc(Cl)cc12. The Hall–Kier alpha value is -3.64. The number of fused-ring (bicyclic) bond motifs is 1. The molecule has 7 heteroatoms. The molecule has 0 aliphatic carbocycles. The number of aromatic nitrogens is 2. The molecule has 2 aromatic carbocycles. The molecular weight excluding hydrogens is 438 g/mol. The molecule has 4 aromatic rings. The minimum Gasteiger partial charge on any atom is -0.465 e. The zero-order chi connectivity index (χ0) is 23.4. The lowest BCUT2D eigenvalue weighted by Gasteiger charge is -2.20. The third-order valence-corrected chi connectivity index (χ3v) is 5.89. The van der Waals surface area contributed by atoms with Crippen LogP contribution in [0.3, 0.4) is 0 Å². The molecule has 0 saturated heterocycles. The summed E-state index contributed by atoms with van der Waals surface area (Å²) in [5.74, 6) is -0.551. The molecule has 0 spiro atoms. The first-order valence-electron chi connectivity index (χ1n) is 10.6. The summed E-state index contributed by atoms with van der Waals surface area (Å²) >= 11 is 6.26. The van der Waals surface area contributed by atoms with Crippen LogP contribution in [0.4, 0.5) is 5.69 Å². The number of nitrogens with one attached hydrogen (secondary N) is 1. The van der Waals surface area contributed by atoms with E-state index in [1.165, 1.54) is 12.0 Å². The summed E-state index contributed by atoms with van der Waals surface area (Å²) in [4.78, 5) is 34.5. The maximum Gasteiger partial charge on any atom is 0.339 e. The molecule has 6 nitrogen and oxygen atoms in total. The Morgan fingerprint density at radius 1 is 1.09 bits per heavy atom. The molecule has 0 fully saturated rings. The lowest BCUT2D eigenvalue weighted by molar-refractivity contribution is -0.118. The van der Waals surface area contributed by atoms with Crippen LogP contribution >= 0.6 is 11.6 Å². The Bertz CT molecular complexity index is 1300. The van der Waals surface area contributed by atoms with Gasteiger partial charge in [0.25, 0.3) is 0 Å². The van der Waals surface area contributed by atoms with Gasteiger partial charge in [0, 0.05) is 35.6 Å². The normalized spacial score (nSPS) is 10.9. The van der Waals surface area contributed by atoms with Crippen molar-refractivity contribution < 1.29 is 14.3 Å². The van der Waals surface area contributed by atoms with Crippen molar-refractivity contribution in [1.29, 1.82) is 0 Å². The van der Waals surface area contributed by atoms with Crippen LogP contribution in [0.5, 0.6) is 0 Å². The Morgan fingerprint density at radius 3 is 2.64 bits per heavy atom. The number of halogens is 1. The molecule has 0 unspecified atom stereocenters. The van der Waals surface area contributed by atoms with E-state index >= 15 is 0 Å². The molecule has 1 amide bonds. The first-order chi connectivity index (χ1) is 16.0. The molecule has 0 bridgehead atoms. The van der Waals surface area contributed by atoms with Gasteiger partial charge in [-0.1, -0.05) is 29.8 Å². The van der Waals surface area contributed by atoms with Crippen molar-refractivity contribution in [3.8, 4) is 11.4 Å². The summed E-state index contributed by atoms with van der Waals surface area (Å²) in [7, 11) is 3.00. The highest BCUT2D eigenvalue weighted by atomic mass is 35.5. The monoisotopic (exact) mass is 461 g/mol. The number of benzene rings is 2. The molecule has 1 N–H and O–H groups in total. The average Bonchev–Trinajstić information content (AvgIpc) is 3.21. The van der Waals surface area contributed by atoms with Gasteiger partial charge < -0.3 is 14.6 Å². The smallest absolute Gasteiger partial charge is 0.339 e. The number of aromatic amines is 1. The van der Waals surface area contributed by atoms with Gasteiger partial charge in [0.2, 0.25) is 5.91 Å². The summed E-state index contributed by atoms with van der Waals surface area (Å²) in [6, 6.07) is 18.5. The summed E-state index contributed by atoms with van der Waals surface area (Å²) < 4.78 is 4.85. The van der Waals surface area contributed by atoms with Crippen molar-refractivity contribution in [2.24, 2.45) is 0 Å². The molecular formula is C26H24ClN3O3. The maximum absolute atomic E-state index is 12.9. The van der Waals surface area contributed by atoms with Gasteiger partial charge in [0.1, 0.15) is 0 Å². The number of aryl methyl sites for hydroxylation is 1. The molecule has 0 radical (unpaired) electrons. The van der Waals surface area contributed by atoms with Gasteiger partial charge in [-0.3, -0.25) is 9.78 Å². The number of methoxy groups -OCH3 is 1. The number of anilines is 1. The molecule has 0 atom stereocenters. The van der Waals surface area contributed by atoms with Crippen molar-refractivity contribution in [1.82, 2.24) is 9.97 Å². The zero-order valence-corrected chi connectivity index (χ0v) is 19.2. The first-order valence-corrected chi connectivity index (χ1v) is 11.0. The summed E-state index contributed by atoms with van der Waals surface area (Å²) in [6.45, 7) is 0. The van der Waals surface area contributed by atoms with Crippen molar-refractivity contribution in [2.75, 3.05) is 19.1 Å². The van der Waals surface area contributed by atoms with Gasteiger partial charge in [-0.2, -0.15) is 0 Å². The Balaban J connectivity index is 1.54. The Labute approximate surface area is 197 Å². The van der Waals surface area contributed by atoms with E-state index in [9.17, 15) is 9.59 Å². The van der Waals surface area contributed by atoms with E-state index in [4.69, 9.17) is 16.3 Å². The van der Waals surface area contributed by atoms with Gasteiger partial charge in [0.05, 0.1) is 29.7 Å². The van der Waals surface area contributed by atoms with Crippen LogP contribution in [-0.4, -0.2) is 36.0 Å². The van der Waals surface area contributed by atoms with Crippen LogP contribution in [0.1, 0.15) is 28.8 Å². The van der Waals surface area contributed by atoms with E-state index in [1.807, 2.05) is 36.4 Å². The fraction of sp³-hybridized carbons (Fsp3) is 0.192. The van der Waals surface area contributed by atoms with Crippen LogP contribution in [-0.2, 0) is 16.0 Å². The van der Waals surface area contributed by atoms with Crippen molar-refractivity contribution >= 4 is 40.1 Å². The van der Waals surface area contributed by atoms with E-state index in [-0.39, 0.29) is 5.91 Å². The second-order valence-electron chi connectivity index (χ2n) is 7.70. The number of H-pyrrole nitrogens is 1. The number of hydrogen-bond acceptors (Lipinski definition) is 4. The van der Waals surface area contributed by atoms with Crippen LogP contribution in [0.2, 0.25) is 5.02 Å². The maximum atomic E-state index is 12.9. The van der Waals surface area contributed by atoms with Gasteiger partial charge in [0.15, 0.2) is 0 Å².